The van der Waals surface area contributed by atoms with Gasteiger partial charge < -0.3 is 10.1 Å². The van der Waals surface area contributed by atoms with Crippen LogP contribution in [0.1, 0.15) is 25.8 Å². The van der Waals surface area contributed by atoms with Crippen molar-refractivity contribution in [3.05, 3.63) is 29.8 Å². The fourth-order valence-corrected chi connectivity index (χ4v) is 1.58. The molecule has 0 fully saturated rings. The topological polar surface area (TPSA) is 79.8 Å². The van der Waals surface area contributed by atoms with Gasteiger partial charge in [-0.05, 0) is 32.4 Å². The zero-order chi connectivity index (χ0) is 15.7. The molecule has 21 heavy (non-hydrogen) atoms. The van der Waals surface area contributed by atoms with Gasteiger partial charge in [-0.25, -0.2) is 5.43 Å². The largest absolute Gasteiger partial charge is 0.483 e. The van der Waals surface area contributed by atoms with Gasteiger partial charge in [0.15, 0.2) is 6.61 Å². The van der Waals surface area contributed by atoms with Crippen molar-refractivity contribution in [3.63, 3.8) is 0 Å². The van der Waals surface area contributed by atoms with Gasteiger partial charge in [0.1, 0.15) is 5.75 Å². The number of hydrogen-bond donors (Lipinski definition) is 2. The molecule has 0 aliphatic carbocycles. The maximum Gasteiger partial charge on any atom is 0.277 e. The van der Waals surface area contributed by atoms with E-state index in [-0.39, 0.29) is 24.8 Å². The molecule has 0 saturated heterocycles. The quantitative estimate of drug-likeness (QED) is 0.588. The van der Waals surface area contributed by atoms with Gasteiger partial charge in [0.2, 0.25) is 5.91 Å². The fraction of sp³-hybridized carbons (Fsp3) is 0.400. The predicted octanol–water partition coefficient (Wildman–Crippen LogP) is 1.39. The van der Waals surface area contributed by atoms with E-state index in [0.717, 1.165) is 5.56 Å². The summed E-state index contributed by atoms with van der Waals surface area (Å²) >= 11 is 0. The molecule has 0 radical (unpaired) electrons. The molecular weight excluding hydrogens is 270 g/mol. The van der Waals surface area contributed by atoms with Gasteiger partial charge in [-0.1, -0.05) is 18.2 Å². The molecule has 0 spiro atoms. The van der Waals surface area contributed by atoms with Crippen molar-refractivity contribution in [2.45, 2.75) is 27.2 Å². The van der Waals surface area contributed by atoms with Crippen LogP contribution in [0, 0.1) is 6.92 Å². The van der Waals surface area contributed by atoms with E-state index in [1.165, 1.54) is 0 Å². The summed E-state index contributed by atoms with van der Waals surface area (Å²) in [4.78, 5) is 22.9. The molecule has 0 unspecified atom stereocenters. The van der Waals surface area contributed by atoms with Crippen LogP contribution in [-0.2, 0) is 9.59 Å². The van der Waals surface area contributed by atoms with E-state index < -0.39 is 0 Å². The number of hydrazone groups is 1. The van der Waals surface area contributed by atoms with Crippen molar-refractivity contribution >= 4 is 17.5 Å². The third kappa shape index (κ3) is 6.56. The highest BCUT2D eigenvalue weighted by Crippen LogP contribution is 2.15. The summed E-state index contributed by atoms with van der Waals surface area (Å²) in [6.45, 7) is 5.88. The molecule has 2 N–H and O–H groups in total. The predicted molar refractivity (Wildman–Crippen MR) is 81.2 cm³/mol. The van der Waals surface area contributed by atoms with Crippen molar-refractivity contribution in [3.8, 4) is 5.75 Å². The Labute approximate surface area is 124 Å². The van der Waals surface area contributed by atoms with Crippen LogP contribution in [0.25, 0.3) is 0 Å². The van der Waals surface area contributed by atoms with E-state index in [1.807, 2.05) is 32.0 Å². The van der Waals surface area contributed by atoms with Crippen molar-refractivity contribution in [2.24, 2.45) is 5.10 Å². The zero-order valence-corrected chi connectivity index (χ0v) is 12.6. The summed E-state index contributed by atoms with van der Waals surface area (Å²) in [6, 6.07) is 7.44. The van der Waals surface area contributed by atoms with Crippen LogP contribution in [0.15, 0.2) is 29.4 Å². The van der Waals surface area contributed by atoms with Gasteiger partial charge in [-0.15, -0.1) is 0 Å². The van der Waals surface area contributed by atoms with Crippen LogP contribution < -0.4 is 15.5 Å². The molecule has 0 saturated carbocycles. The first-order chi connectivity index (χ1) is 10.0. The lowest BCUT2D eigenvalue weighted by molar-refractivity contribution is -0.123. The number of carbonyl (C=O) groups is 2. The summed E-state index contributed by atoms with van der Waals surface area (Å²) < 4.78 is 5.39. The number of benzene rings is 1. The van der Waals surface area contributed by atoms with Gasteiger partial charge in [0.05, 0.1) is 6.42 Å². The Kier molecular flexibility index (Phi) is 6.94. The molecule has 0 aromatic heterocycles. The maximum atomic E-state index is 11.6. The average Bonchev–Trinajstić information content (AvgIpc) is 2.44. The Hall–Kier alpha value is -2.37. The summed E-state index contributed by atoms with van der Waals surface area (Å²) in [5.74, 6) is 0.174. The van der Waals surface area contributed by atoms with Crippen molar-refractivity contribution in [1.82, 2.24) is 10.7 Å². The molecule has 0 aliphatic heterocycles. The second-order valence-electron chi connectivity index (χ2n) is 4.57. The van der Waals surface area contributed by atoms with Gasteiger partial charge in [-0.2, -0.15) is 5.10 Å². The Morgan fingerprint density at radius 1 is 1.24 bits per heavy atom. The van der Waals surface area contributed by atoms with E-state index in [0.29, 0.717) is 18.0 Å². The number of carbonyl (C=O) groups excluding carboxylic acids is 2. The molecule has 1 rings (SSSR count). The minimum absolute atomic E-state index is 0.121. The van der Waals surface area contributed by atoms with Crippen molar-refractivity contribution in [2.75, 3.05) is 13.2 Å². The Morgan fingerprint density at radius 2 is 1.95 bits per heavy atom. The molecule has 0 bridgehead atoms. The summed E-state index contributed by atoms with van der Waals surface area (Å²) in [5, 5.41) is 6.52. The second kappa shape index (κ2) is 8.73. The van der Waals surface area contributed by atoms with Gasteiger partial charge in [-0.3, -0.25) is 9.59 Å². The molecule has 1 aromatic carbocycles. The van der Waals surface area contributed by atoms with Crippen LogP contribution in [0.3, 0.4) is 0 Å². The molecule has 6 nitrogen and oxygen atoms in total. The highest BCUT2D eigenvalue weighted by atomic mass is 16.5. The summed E-state index contributed by atoms with van der Waals surface area (Å²) in [6.07, 6.45) is 0.159. The molecule has 0 aliphatic rings. The molecule has 2 amide bonds. The number of ether oxygens (including phenoxy) is 1. The number of rotatable bonds is 7. The van der Waals surface area contributed by atoms with E-state index in [2.05, 4.69) is 15.8 Å². The molecule has 0 heterocycles. The molecule has 6 heteroatoms. The number of nitrogens with zero attached hydrogens (tertiary/aromatic N) is 1. The number of aryl methyl sites for hydroxylation is 1. The fourth-order valence-electron chi connectivity index (χ4n) is 1.58. The van der Waals surface area contributed by atoms with Gasteiger partial charge in [0.25, 0.3) is 5.91 Å². The highest BCUT2D eigenvalue weighted by Gasteiger charge is 2.05. The lowest BCUT2D eigenvalue weighted by Crippen LogP contribution is -2.28. The minimum Gasteiger partial charge on any atom is -0.483 e. The Morgan fingerprint density at radius 3 is 2.62 bits per heavy atom. The van der Waals surface area contributed by atoms with Gasteiger partial charge in [0, 0.05) is 12.3 Å². The second-order valence-corrected chi connectivity index (χ2v) is 4.57. The first kappa shape index (κ1) is 16.7. The van der Waals surface area contributed by atoms with Crippen molar-refractivity contribution < 1.29 is 14.3 Å². The van der Waals surface area contributed by atoms with Crippen LogP contribution >= 0.6 is 0 Å². The first-order valence-corrected chi connectivity index (χ1v) is 6.80. The van der Waals surface area contributed by atoms with Crippen molar-refractivity contribution in [1.29, 1.82) is 0 Å². The Bertz CT molecular complexity index is 527. The van der Waals surface area contributed by atoms with Crippen LogP contribution in [-0.4, -0.2) is 30.7 Å². The molecular formula is C15H21N3O3. The van der Waals surface area contributed by atoms with E-state index >= 15 is 0 Å². The SMILES string of the molecule is CCNC(=O)C/C(C)=N\NC(=O)COc1ccccc1C. The van der Waals surface area contributed by atoms with Gasteiger partial charge >= 0.3 is 0 Å². The van der Waals surface area contributed by atoms with Crippen LogP contribution in [0.4, 0.5) is 0 Å². The maximum absolute atomic E-state index is 11.6. The smallest absolute Gasteiger partial charge is 0.277 e. The normalized spacial score (nSPS) is 10.9. The molecule has 0 atom stereocenters. The molecule has 1 aromatic rings. The third-order valence-corrected chi connectivity index (χ3v) is 2.61. The summed E-state index contributed by atoms with van der Waals surface area (Å²) in [5.41, 5.74) is 3.86. The summed E-state index contributed by atoms with van der Waals surface area (Å²) in [7, 11) is 0. The monoisotopic (exact) mass is 291 g/mol. The molecule has 114 valence electrons. The number of para-hydroxylation sites is 1. The average molecular weight is 291 g/mol. The van der Waals surface area contributed by atoms with E-state index in [1.54, 1.807) is 13.0 Å². The van der Waals surface area contributed by atoms with E-state index in [4.69, 9.17) is 4.74 Å². The number of amides is 2. The number of nitrogens with one attached hydrogen (secondary N) is 2. The minimum atomic E-state index is -0.367. The lowest BCUT2D eigenvalue weighted by Gasteiger charge is -2.08. The first-order valence-electron chi connectivity index (χ1n) is 6.80. The van der Waals surface area contributed by atoms with E-state index in [9.17, 15) is 9.59 Å². The van der Waals surface area contributed by atoms with Crippen LogP contribution in [0.5, 0.6) is 5.75 Å². The number of hydrogen-bond acceptors (Lipinski definition) is 4. The highest BCUT2D eigenvalue weighted by molar-refractivity contribution is 6.00. The Balaban J connectivity index is 2.37. The third-order valence-electron chi connectivity index (χ3n) is 2.61. The van der Waals surface area contributed by atoms with Crippen LogP contribution in [0.2, 0.25) is 0 Å². The standard InChI is InChI=1S/C15H21N3O3/c1-4-16-14(19)9-12(3)17-18-15(20)10-21-13-8-6-5-7-11(13)2/h5-8H,4,9-10H2,1-3H3,(H,16,19)(H,18,20)/b17-12-. The zero-order valence-electron chi connectivity index (χ0n) is 12.6. The lowest BCUT2D eigenvalue weighted by atomic mass is 10.2.